The molecule has 0 fully saturated rings. The van der Waals surface area contributed by atoms with E-state index in [9.17, 15) is 0 Å². The average molecular weight is 435 g/mol. The van der Waals surface area contributed by atoms with E-state index >= 15 is 0 Å². The zero-order valence-corrected chi connectivity index (χ0v) is 18.1. The summed E-state index contributed by atoms with van der Waals surface area (Å²) in [6.45, 7) is 2.91. The van der Waals surface area contributed by atoms with Crippen molar-refractivity contribution in [3.63, 3.8) is 0 Å². The van der Waals surface area contributed by atoms with Crippen molar-refractivity contribution in [2.75, 3.05) is 12.0 Å². The van der Waals surface area contributed by atoms with Gasteiger partial charge in [-0.15, -0.1) is 0 Å². The molecule has 0 radical (unpaired) electrons. The number of benzene rings is 3. The Kier molecular flexibility index (Phi) is 6.38. The number of hydrogen-bond donors (Lipinski definition) is 1. The Morgan fingerprint density at radius 3 is 2.61 bits per heavy atom. The highest BCUT2D eigenvalue weighted by Gasteiger charge is 2.08. The van der Waals surface area contributed by atoms with E-state index in [-0.39, 0.29) is 0 Å². The molecule has 1 heterocycles. The second-order valence-electron chi connectivity index (χ2n) is 6.91. The maximum absolute atomic E-state index is 5.95. The van der Waals surface area contributed by atoms with Crippen LogP contribution >= 0.6 is 11.6 Å². The van der Waals surface area contributed by atoms with Gasteiger partial charge in [-0.2, -0.15) is 5.10 Å². The Labute approximate surface area is 186 Å². The molecular weight excluding hydrogens is 412 g/mol. The Morgan fingerprint density at radius 1 is 1.03 bits per heavy atom. The van der Waals surface area contributed by atoms with Gasteiger partial charge in [-0.1, -0.05) is 35.9 Å². The molecule has 1 aromatic heterocycles. The number of ether oxygens (including phenoxy) is 2. The summed E-state index contributed by atoms with van der Waals surface area (Å²) in [7, 11) is 1.95. The number of anilines is 1. The molecule has 0 aliphatic rings. The standard InChI is InChI=1S/C24H23ClN4O2/c1-3-30-23-14-18(10-13-22(23)31-16-17-8-11-19(25)12-9-17)15-26-28-24-27-20-6-4-5-7-21(20)29(24)2/h4-15H,3,16H2,1-2H3,(H,27,28)/b26-15-. The summed E-state index contributed by atoms with van der Waals surface area (Å²) in [4.78, 5) is 4.55. The van der Waals surface area contributed by atoms with Gasteiger partial charge in [-0.25, -0.2) is 10.4 Å². The van der Waals surface area contributed by atoms with Crippen molar-refractivity contribution in [2.45, 2.75) is 13.5 Å². The van der Waals surface area contributed by atoms with E-state index in [1.807, 2.05) is 85.3 Å². The Hall–Kier alpha value is -3.51. The van der Waals surface area contributed by atoms with Crippen LogP contribution in [0, 0.1) is 0 Å². The van der Waals surface area contributed by atoms with Crippen LogP contribution in [0.5, 0.6) is 11.5 Å². The molecule has 31 heavy (non-hydrogen) atoms. The van der Waals surface area contributed by atoms with E-state index in [0.717, 1.165) is 22.2 Å². The number of hydrazone groups is 1. The molecule has 6 nitrogen and oxygen atoms in total. The summed E-state index contributed by atoms with van der Waals surface area (Å²) in [5.74, 6) is 2.02. The second-order valence-corrected chi connectivity index (χ2v) is 7.34. The Bertz CT molecular complexity index is 1200. The minimum absolute atomic E-state index is 0.430. The highest BCUT2D eigenvalue weighted by atomic mass is 35.5. The molecule has 7 heteroatoms. The number of aromatic nitrogens is 2. The van der Waals surface area contributed by atoms with Gasteiger partial charge in [0.15, 0.2) is 11.5 Å². The van der Waals surface area contributed by atoms with Crippen LogP contribution in [0.4, 0.5) is 5.95 Å². The monoisotopic (exact) mass is 434 g/mol. The van der Waals surface area contributed by atoms with Crippen LogP contribution in [0.1, 0.15) is 18.1 Å². The van der Waals surface area contributed by atoms with Gasteiger partial charge in [-0.3, -0.25) is 0 Å². The predicted octanol–water partition coefficient (Wildman–Crippen LogP) is 5.65. The summed E-state index contributed by atoms with van der Waals surface area (Å²) in [6.07, 6.45) is 1.73. The summed E-state index contributed by atoms with van der Waals surface area (Å²) in [5.41, 5.74) is 6.88. The van der Waals surface area contributed by atoms with Gasteiger partial charge in [0.1, 0.15) is 6.61 Å². The number of hydrogen-bond acceptors (Lipinski definition) is 5. The molecule has 0 spiro atoms. The van der Waals surface area contributed by atoms with Crippen LogP contribution in [0.15, 0.2) is 71.8 Å². The van der Waals surface area contributed by atoms with Gasteiger partial charge >= 0.3 is 0 Å². The lowest BCUT2D eigenvalue weighted by molar-refractivity contribution is 0.269. The number of rotatable bonds is 8. The molecule has 0 saturated carbocycles. The normalized spacial score (nSPS) is 11.2. The first-order valence-corrected chi connectivity index (χ1v) is 10.4. The zero-order chi connectivity index (χ0) is 21.6. The topological polar surface area (TPSA) is 60.7 Å². The highest BCUT2D eigenvalue weighted by Crippen LogP contribution is 2.29. The summed E-state index contributed by atoms with van der Waals surface area (Å²) >= 11 is 5.94. The van der Waals surface area contributed by atoms with Crippen LogP contribution in [0.25, 0.3) is 11.0 Å². The van der Waals surface area contributed by atoms with Crippen molar-refractivity contribution in [2.24, 2.45) is 12.1 Å². The summed E-state index contributed by atoms with van der Waals surface area (Å²) in [5, 5.41) is 5.04. The number of para-hydroxylation sites is 2. The van der Waals surface area contributed by atoms with Gasteiger partial charge in [-0.05, 0) is 60.5 Å². The van der Waals surface area contributed by atoms with Crippen LogP contribution in [-0.4, -0.2) is 22.4 Å². The molecule has 0 aliphatic carbocycles. The fourth-order valence-corrected chi connectivity index (χ4v) is 3.27. The lowest BCUT2D eigenvalue weighted by Crippen LogP contribution is -2.01. The SMILES string of the molecule is CCOc1cc(/C=N\Nc2nc3ccccc3n2C)ccc1OCc1ccc(Cl)cc1. The molecule has 0 amide bonds. The molecular formula is C24H23ClN4O2. The molecule has 0 saturated heterocycles. The van der Waals surface area contributed by atoms with E-state index in [1.54, 1.807) is 6.21 Å². The number of nitrogens with one attached hydrogen (secondary N) is 1. The minimum atomic E-state index is 0.430. The molecule has 158 valence electrons. The third-order valence-corrected chi connectivity index (χ3v) is 4.99. The Morgan fingerprint density at radius 2 is 1.84 bits per heavy atom. The lowest BCUT2D eigenvalue weighted by atomic mass is 10.2. The molecule has 0 bridgehead atoms. The fraction of sp³-hybridized carbons (Fsp3) is 0.167. The van der Waals surface area contributed by atoms with Crippen LogP contribution in [0.2, 0.25) is 5.02 Å². The summed E-state index contributed by atoms with van der Waals surface area (Å²) < 4.78 is 13.7. The quantitative estimate of drug-likeness (QED) is 0.287. The van der Waals surface area contributed by atoms with E-state index in [4.69, 9.17) is 21.1 Å². The Balaban J connectivity index is 1.46. The smallest absolute Gasteiger partial charge is 0.224 e. The van der Waals surface area contributed by atoms with Crippen molar-refractivity contribution >= 4 is 34.8 Å². The van der Waals surface area contributed by atoms with Crippen molar-refractivity contribution in [1.82, 2.24) is 9.55 Å². The van der Waals surface area contributed by atoms with Crippen molar-refractivity contribution in [1.29, 1.82) is 0 Å². The van der Waals surface area contributed by atoms with Gasteiger partial charge in [0.25, 0.3) is 0 Å². The van der Waals surface area contributed by atoms with E-state index < -0.39 is 0 Å². The van der Waals surface area contributed by atoms with E-state index in [2.05, 4.69) is 15.5 Å². The summed E-state index contributed by atoms with van der Waals surface area (Å²) in [6, 6.07) is 21.2. The highest BCUT2D eigenvalue weighted by molar-refractivity contribution is 6.30. The molecule has 0 atom stereocenters. The average Bonchev–Trinajstić information content (AvgIpc) is 3.10. The van der Waals surface area contributed by atoms with Gasteiger partial charge in [0.05, 0.1) is 23.9 Å². The number of imidazole rings is 1. The number of fused-ring (bicyclic) bond motifs is 1. The largest absolute Gasteiger partial charge is 0.490 e. The van der Waals surface area contributed by atoms with Crippen molar-refractivity contribution in [3.8, 4) is 11.5 Å². The molecule has 3 aromatic carbocycles. The van der Waals surface area contributed by atoms with E-state index in [0.29, 0.717) is 35.7 Å². The first kappa shape index (κ1) is 20.8. The first-order valence-electron chi connectivity index (χ1n) is 9.98. The number of halogens is 1. The van der Waals surface area contributed by atoms with Crippen LogP contribution < -0.4 is 14.9 Å². The molecule has 4 rings (SSSR count). The van der Waals surface area contributed by atoms with Gasteiger partial charge < -0.3 is 14.0 Å². The van der Waals surface area contributed by atoms with Crippen molar-refractivity contribution in [3.05, 3.63) is 82.9 Å². The molecule has 1 N–H and O–H groups in total. The second kappa shape index (κ2) is 9.53. The number of nitrogens with zero attached hydrogens (tertiary/aromatic N) is 3. The minimum Gasteiger partial charge on any atom is -0.490 e. The number of aryl methyl sites for hydroxylation is 1. The third kappa shape index (κ3) is 4.98. The predicted molar refractivity (Wildman–Crippen MR) is 125 cm³/mol. The maximum Gasteiger partial charge on any atom is 0.224 e. The molecule has 0 aliphatic heterocycles. The van der Waals surface area contributed by atoms with Gasteiger partial charge in [0.2, 0.25) is 5.95 Å². The van der Waals surface area contributed by atoms with Crippen LogP contribution in [0.3, 0.4) is 0 Å². The van der Waals surface area contributed by atoms with Crippen LogP contribution in [-0.2, 0) is 13.7 Å². The van der Waals surface area contributed by atoms with E-state index in [1.165, 1.54) is 0 Å². The fourth-order valence-electron chi connectivity index (χ4n) is 3.14. The third-order valence-electron chi connectivity index (χ3n) is 4.74. The molecule has 4 aromatic rings. The first-order chi connectivity index (χ1) is 15.1. The maximum atomic E-state index is 5.95. The zero-order valence-electron chi connectivity index (χ0n) is 17.4. The molecule has 0 unspecified atom stereocenters. The van der Waals surface area contributed by atoms with Crippen molar-refractivity contribution < 1.29 is 9.47 Å². The lowest BCUT2D eigenvalue weighted by Gasteiger charge is -2.12. The van der Waals surface area contributed by atoms with Gasteiger partial charge in [0, 0.05) is 12.1 Å².